The molecule has 0 bridgehead atoms. The number of nitrogens with zero attached hydrogens (tertiary/aromatic N) is 1. The number of carboxylic acids is 1. The number of hydrogen-bond donors (Lipinski definition) is 2. The molecule has 2 amide bonds. The molecule has 1 saturated heterocycles. The third-order valence-corrected chi connectivity index (χ3v) is 4.20. The fraction of sp³-hybridized carbons (Fsp3) is 0.529. The summed E-state index contributed by atoms with van der Waals surface area (Å²) < 4.78 is 5.34. The summed E-state index contributed by atoms with van der Waals surface area (Å²) in [4.78, 5) is 24.5. The largest absolute Gasteiger partial charge is 0.478 e. The fourth-order valence-corrected chi connectivity index (χ4v) is 2.59. The lowest BCUT2D eigenvalue weighted by Crippen LogP contribution is -2.38. The van der Waals surface area contributed by atoms with Crippen LogP contribution in [0.2, 0.25) is 0 Å². The molecular formula is C17H24N2O4. The molecule has 1 fully saturated rings. The van der Waals surface area contributed by atoms with Crippen LogP contribution in [0.1, 0.15) is 35.2 Å². The fourth-order valence-electron chi connectivity index (χ4n) is 2.59. The van der Waals surface area contributed by atoms with Crippen molar-refractivity contribution in [3.63, 3.8) is 0 Å². The zero-order valence-electron chi connectivity index (χ0n) is 13.5. The van der Waals surface area contributed by atoms with Gasteiger partial charge in [0.1, 0.15) is 0 Å². The highest BCUT2D eigenvalue weighted by atomic mass is 16.5. The maximum Gasteiger partial charge on any atom is 0.335 e. The number of amides is 2. The first-order chi connectivity index (χ1) is 11.1. The predicted octanol–water partition coefficient (Wildman–Crippen LogP) is 2.34. The zero-order valence-corrected chi connectivity index (χ0v) is 13.5. The van der Waals surface area contributed by atoms with Gasteiger partial charge in [0.15, 0.2) is 0 Å². The minimum atomic E-state index is -0.951. The van der Waals surface area contributed by atoms with Gasteiger partial charge in [-0.2, -0.15) is 0 Å². The average Bonchev–Trinajstić information content (AvgIpc) is 2.58. The van der Waals surface area contributed by atoms with Gasteiger partial charge in [-0.15, -0.1) is 0 Å². The third-order valence-electron chi connectivity index (χ3n) is 4.20. The number of carboxylic acid groups (broad SMARTS) is 1. The van der Waals surface area contributed by atoms with Gasteiger partial charge in [0.05, 0.1) is 5.56 Å². The Balaban J connectivity index is 1.71. The van der Waals surface area contributed by atoms with Crippen molar-refractivity contribution >= 4 is 12.0 Å². The monoisotopic (exact) mass is 320 g/mol. The number of aromatic carboxylic acids is 1. The van der Waals surface area contributed by atoms with E-state index in [1.54, 1.807) is 36.2 Å². The summed E-state index contributed by atoms with van der Waals surface area (Å²) >= 11 is 0. The van der Waals surface area contributed by atoms with E-state index in [2.05, 4.69) is 5.32 Å². The second-order valence-electron chi connectivity index (χ2n) is 5.93. The molecular weight excluding hydrogens is 296 g/mol. The number of rotatable bonds is 6. The van der Waals surface area contributed by atoms with E-state index in [1.165, 1.54) is 0 Å². The Bertz CT molecular complexity index is 524. The number of ether oxygens (including phenoxy) is 1. The van der Waals surface area contributed by atoms with Gasteiger partial charge in [0.25, 0.3) is 0 Å². The summed E-state index contributed by atoms with van der Waals surface area (Å²) in [5, 5.41) is 11.7. The first-order valence-electron chi connectivity index (χ1n) is 7.95. The van der Waals surface area contributed by atoms with Crippen LogP contribution in [0.3, 0.4) is 0 Å². The van der Waals surface area contributed by atoms with Gasteiger partial charge in [-0.1, -0.05) is 12.1 Å². The van der Waals surface area contributed by atoms with Crippen molar-refractivity contribution in [1.29, 1.82) is 0 Å². The van der Waals surface area contributed by atoms with E-state index in [0.29, 0.717) is 12.5 Å². The number of benzene rings is 1. The Kier molecular flexibility index (Phi) is 6.40. The Morgan fingerprint density at radius 3 is 2.52 bits per heavy atom. The number of carbonyl (C=O) groups excluding carboxylic acids is 1. The van der Waals surface area contributed by atoms with Gasteiger partial charge >= 0.3 is 12.0 Å². The van der Waals surface area contributed by atoms with Crippen molar-refractivity contribution in [2.24, 2.45) is 5.92 Å². The van der Waals surface area contributed by atoms with E-state index < -0.39 is 5.97 Å². The summed E-state index contributed by atoms with van der Waals surface area (Å²) in [6, 6.07) is 6.40. The van der Waals surface area contributed by atoms with Gasteiger partial charge in [0, 0.05) is 33.4 Å². The molecule has 0 atom stereocenters. The molecule has 0 aliphatic carbocycles. The van der Waals surface area contributed by atoms with E-state index in [0.717, 1.165) is 44.6 Å². The van der Waals surface area contributed by atoms with Crippen LogP contribution in [0.4, 0.5) is 4.79 Å². The molecule has 0 unspecified atom stereocenters. The third kappa shape index (κ3) is 5.56. The molecule has 1 aliphatic rings. The van der Waals surface area contributed by atoms with E-state index in [9.17, 15) is 9.59 Å². The predicted molar refractivity (Wildman–Crippen MR) is 86.4 cm³/mol. The van der Waals surface area contributed by atoms with Crippen molar-refractivity contribution in [2.45, 2.75) is 25.8 Å². The Morgan fingerprint density at radius 1 is 1.26 bits per heavy atom. The molecule has 23 heavy (non-hydrogen) atoms. The Labute approximate surface area is 136 Å². The Hall–Kier alpha value is -2.08. The summed E-state index contributed by atoms with van der Waals surface area (Å²) in [5.41, 5.74) is 1.12. The number of hydrogen-bond acceptors (Lipinski definition) is 3. The van der Waals surface area contributed by atoms with Crippen molar-refractivity contribution in [1.82, 2.24) is 10.2 Å². The molecule has 0 spiro atoms. The number of carbonyl (C=O) groups is 2. The molecule has 0 radical (unpaired) electrons. The topological polar surface area (TPSA) is 78.9 Å². The number of nitrogens with one attached hydrogen (secondary N) is 1. The van der Waals surface area contributed by atoms with E-state index in [-0.39, 0.29) is 11.6 Å². The van der Waals surface area contributed by atoms with Gasteiger partial charge in [-0.3, -0.25) is 0 Å². The minimum Gasteiger partial charge on any atom is -0.478 e. The summed E-state index contributed by atoms with van der Waals surface area (Å²) in [6.45, 7) is 2.77. The molecule has 126 valence electrons. The van der Waals surface area contributed by atoms with Gasteiger partial charge in [0.2, 0.25) is 0 Å². The normalized spacial score (nSPS) is 15.2. The lowest BCUT2D eigenvalue weighted by Gasteiger charge is -2.25. The maximum atomic E-state index is 12.1. The van der Waals surface area contributed by atoms with Crippen LogP contribution in [0.5, 0.6) is 0 Å². The smallest absolute Gasteiger partial charge is 0.335 e. The Morgan fingerprint density at radius 2 is 1.91 bits per heavy atom. The second kappa shape index (κ2) is 8.53. The molecule has 2 N–H and O–H groups in total. The van der Waals surface area contributed by atoms with Crippen LogP contribution in [0.25, 0.3) is 0 Å². The van der Waals surface area contributed by atoms with Gasteiger partial charge in [-0.25, -0.2) is 9.59 Å². The molecule has 6 nitrogen and oxygen atoms in total. The average molecular weight is 320 g/mol. The first kappa shape index (κ1) is 17.3. The highest BCUT2D eigenvalue weighted by Gasteiger charge is 2.16. The maximum absolute atomic E-state index is 12.1. The highest BCUT2D eigenvalue weighted by Crippen LogP contribution is 2.18. The molecule has 0 saturated carbocycles. The lowest BCUT2D eigenvalue weighted by molar-refractivity contribution is 0.0619. The van der Waals surface area contributed by atoms with E-state index in [4.69, 9.17) is 9.84 Å². The van der Waals surface area contributed by atoms with Crippen LogP contribution in [-0.2, 0) is 11.3 Å². The zero-order chi connectivity index (χ0) is 16.7. The summed E-state index contributed by atoms with van der Waals surface area (Å²) in [6.07, 6.45) is 3.15. The summed E-state index contributed by atoms with van der Waals surface area (Å²) in [5.74, 6) is -0.309. The highest BCUT2D eigenvalue weighted by molar-refractivity contribution is 5.87. The van der Waals surface area contributed by atoms with E-state index in [1.807, 2.05) is 0 Å². The second-order valence-corrected chi connectivity index (χ2v) is 5.93. The van der Waals surface area contributed by atoms with Crippen molar-refractivity contribution in [3.05, 3.63) is 35.4 Å². The SMILES string of the molecule is CN(CCC1CCOCC1)C(=O)NCc1ccc(C(=O)O)cc1. The molecule has 1 aliphatic heterocycles. The lowest BCUT2D eigenvalue weighted by atomic mass is 9.96. The number of urea groups is 1. The van der Waals surface area contributed by atoms with Crippen molar-refractivity contribution in [3.8, 4) is 0 Å². The van der Waals surface area contributed by atoms with E-state index >= 15 is 0 Å². The molecule has 2 rings (SSSR count). The van der Waals surface area contributed by atoms with Crippen LogP contribution in [0.15, 0.2) is 24.3 Å². The van der Waals surface area contributed by atoms with Gasteiger partial charge < -0.3 is 20.1 Å². The molecule has 1 aromatic rings. The van der Waals surface area contributed by atoms with Crippen LogP contribution >= 0.6 is 0 Å². The van der Waals surface area contributed by atoms with Crippen molar-refractivity contribution in [2.75, 3.05) is 26.8 Å². The minimum absolute atomic E-state index is 0.112. The van der Waals surface area contributed by atoms with Crippen LogP contribution < -0.4 is 5.32 Å². The molecule has 0 aromatic heterocycles. The molecule has 1 heterocycles. The van der Waals surface area contributed by atoms with Crippen molar-refractivity contribution < 1.29 is 19.4 Å². The first-order valence-corrected chi connectivity index (χ1v) is 7.95. The van der Waals surface area contributed by atoms with Crippen LogP contribution in [0, 0.1) is 5.92 Å². The quantitative estimate of drug-likeness (QED) is 0.843. The van der Waals surface area contributed by atoms with Gasteiger partial charge in [-0.05, 0) is 42.9 Å². The molecule has 1 aromatic carbocycles. The van der Waals surface area contributed by atoms with Crippen LogP contribution in [-0.4, -0.2) is 48.8 Å². The summed E-state index contributed by atoms with van der Waals surface area (Å²) in [7, 11) is 1.79. The standard InChI is InChI=1S/C17H24N2O4/c1-19(9-6-13-7-10-23-11-8-13)17(22)18-12-14-2-4-15(5-3-14)16(20)21/h2-5,13H,6-12H2,1H3,(H,18,22)(H,20,21). The molecule has 6 heteroatoms.